The van der Waals surface area contributed by atoms with Crippen LogP contribution in [0, 0.1) is 3.57 Å². The molecule has 0 saturated carbocycles. The molecule has 2 nitrogen and oxygen atoms in total. The van der Waals surface area contributed by atoms with Crippen LogP contribution in [0.15, 0.2) is 42.5 Å². The van der Waals surface area contributed by atoms with E-state index in [0.29, 0.717) is 12.3 Å². The first-order chi connectivity index (χ1) is 8.20. The molecule has 88 valence electrons. The molecule has 0 spiro atoms. The third-order valence-electron chi connectivity index (χ3n) is 2.65. The van der Waals surface area contributed by atoms with Gasteiger partial charge in [0.15, 0.2) is 0 Å². The van der Waals surface area contributed by atoms with Crippen LogP contribution in [0.3, 0.4) is 0 Å². The summed E-state index contributed by atoms with van der Waals surface area (Å²) < 4.78 is 1.18. The zero-order chi connectivity index (χ0) is 12.3. The van der Waals surface area contributed by atoms with Gasteiger partial charge in [0.05, 0.1) is 0 Å². The smallest absolute Gasteiger partial charge is 0.123 e. The molecule has 3 heteroatoms. The number of phenols is 1. The van der Waals surface area contributed by atoms with E-state index in [0.717, 1.165) is 23.1 Å². The van der Waals surface area contributed by atoms with Crippen molar-refractivity contribution >= 4 is 22.6 Å². The van der Waals surface area contributed by atoms with E-state index < -0.39 is 0 Å². The molecule has 0 aliphatic rings. The summed E-state index contributed by atoms with van der Waals surface area (Å²) in [5.74, 6) is 0.312. The van der Waals surface area contributed by atoms with Gasteiger partial charge < -0.3 is 10.8 Å². The van der Waals surface area contributed by atoms with Crippen LogP contribution in [0.25, 0.3) is 11.1 Å². The predicted molar refractivity (Wildman–Crippen MR) is 79.0 cm³/mol. The molecule has 0 atom stereocenters. The number of hydrogen-bond donors (Lipinski definition) is 2. The first kappa shape index (κ1) is 12.4. The fraction of sp³-hybridized carbons (Fsp3) is 0.143. The summed E-state index contributed by atoms with van der Waals surface area (Å²) in [6, 6.07) is 13.8. The van der Waals surface area contributed by atoms with Gasteiger partial charge in [-0.05, 0) is 70.9 Å². The summed E-state index contributed by atoms with van der Waals surface area (Å²) in [6.45, 7) is 0.622. The maximum Gasteiger partial charge on any atom is 0.123 e. The zero-order valence-corrected chi connectivity index (χ0v) is 11.5. The Morgan fingerprint density at radius 1 is 1.06 bits per heavy atom. The second-order valence-electron chi connectivity index (χ2n) is 3.90. The van der Waals surface area contributed by atoms with Gasteiger partial charge in [0.25, 0.3) is 0 Å². The predicted octanol–water partition coefficient (Wildman–Crippen LogP) is 3.17. The topological polar surface area (TPSA) is 46.2 Å². The zero-order valence-electron chi connectivity index (χ0n) is 9.36. The molecule has 0 aromatic heterocycles. The molecule has 2 aromatic carbocycles. The Kier molecular flexibility index (Phi) is 4.02. The first-order valence-electron chi connectivity index (χ1n) is 5.48. The lowest BCUT2D eigenvalue weighted by Gasteiger charge is -2.07. The van der Waals surface area contributed by atoms with Crippen molar-refractivity contribution in [3.8, 4) is 16.9 Å². The Labute approximate surface area is 115 Å². The van der Waals surface area contributed by atoms with Gasteiger partial charge >= 0.3 is 0 Å². The molecule has 0 heterocycles. The molecule has 2 rings (SSSR count). The van der Waals surface area contributed by atoms with Crippen LogP contribution in [-0.4, -0.2) is 11.7 Å². The summed E-state index contributed by atoms with van der Waals surface area (Å²) in [5, 5.41) is 9.89. The van der Waals surface area contributed by atoms with Gasteiger partial charge in [-0.2, -0.15) is 0 Å². The maximum atomic E-state index is 9.89. The Balaban J connectivity index is 2.42. The monoisotopic (exact) mass is 339 g/mol. The number of phenolic OH excluding ortho intramolecular Hbond substituents is 1. The third kappa shape index (κ3) is 2.98. The van der Waals surface area contributed by atoms with Crippen molar-refractivity contribution in [3.05, 3.63) is 51.6 Å². The lowest BCUT2D eigenvalue weighted by molar-refractivity contribution is 0.477. The molecule has 17 heavy (non-hydrogen) atoms. The van der Waals surface area contributed by atoms with Gasteiger partial charge in [-0.3, -0.25) is 0 Å². The number of aromatic hydroxyl groups is 1. The standard InChI is InChI=1S/C14H14INO/c15-12-4-2-11(3-5-12)13-9-10(7-8-16)1-6-14(13)17/h1-6,9,17H,7-8,16H2. The second kappa shape index (κ2) is 5.51. The molecule has 0 unspecified atom stereocenters. The van der Waals surface area contributed by atoms with Crippen molar-refractivity contribution in [2.75, 3.05) is 6.54 Å². The molecule has 0 radical (unpaired) electrons. The second-order valence-corrected chi connectivity index (χ2v) is 5.14. The Morgan fingerprint density at radius 2 is 1.76 bits per heavy atom. The van der Waals surface area contributed by atoms with Gasteiger partial charge in [-0.25, -0.2) is 0 Å². The number of halogens is 1. The Morgan fingerprint density at radius 3 is 2.41 bits per heavy atom. The van der Waals surface area contributed by atoms with Gasteiger partial charge in [0, 0.05) is 9.13 Å². The summed E-state index contributed by atoms with van der Waals surface area (Å²) in [5.41, 5.74) is 8.59. The van der Waals surface area contributed by atoms with Gasteiger partial charge in [-0.1, -0.05) is 18.2 Å². The summed E-state index contributed by atoms with van der Waals surface area (Å²) >= 11 is 2.27. The van der Waals surface area contributed by atoms with Crippen molar-refractivity contribution in [2.45, 2.75) is 6.42 Å². The highest BCUT2D eigenvalue weighted by atomic mass is 127. The van der Waals surface area contributed by atoms with E-state index >= 15 is 0 Å². The molecule has 3 N–H and O–H groups in total. The largest absolute Gasteiger partial charge is 0.507 e. The molecular formula is C14H14INO. The van der Waals surface area contributed by atoms with Crippen LogP contribution < -0.4 is 5.73 Å². The highest BCUT2D eigenvalue weighted by Gasteiger charge is 2.05. The van der Waals surface area contributed by atoms with Crippen molar-refractivity contribution in [2.24, 2.45) is 5.73 Å². The molecule has 0 saturated heterocycles. The van der Waals surface area contributed by atoms with Crippen LogP contribution in [-0.2, 0) is 6.42 Å². The van der Waals surface area contributed by atoms with E-state index in [2.05, 4.69) is 22.6 Å². The minimum absolute atomic E-state index is 0.312. The normalized spacial score (nSPS) is 10.5. The Hall–Kier alpha value is -1.07. The average Bonchev–Trinajstić information content (AvgIpc) is 2.33. The van der Waals surface area contributed by atoms with Gasteiger partial charge in [-0.15, -0.1) is 0 Å². The third-order valence-corrected chi connectivity index (χ3v) is 3.37. The molecule has 2 aromatic rings. The molecule has 0 bridgehead atoms. The molecular weight excluding hydrogens is 325 g/mol. The number of hydrogen-bond acceptors (Lipinski definition) is 2. The van der Waals surface area contributed by atoms with Crippen LogP contribution in [0.2, 0.25) is 0 Å². The van der Waals surface area contributed by atoms with Gasteiger partial charge in [0.1, 0.15) is 5.75 Å². The van der Waals surface area contributed by atoms with Crippen LogP contribution in [0.5, 0.6) is 5.75 Å². The van der Waals surface area contributed by atoms with E-state index in [4.69, 9.17) is 5.73 Å². The van der Waals surface area contributed by atoms with Crippen LogP contribution in [0.4, 0.5) is 0 Å². The van der Waals surface area contributed by atoms with Crippen molar-refractivity contribution in [1.29, 1.82) is 0 Å². The van der Waals surface area contributed by atoms with E-state index in [-0.39, 0.29) is 0 Å². The SMILES string of the molecule is NCCc1ccc(O)c(-c2ccc(I)cc2)c1. The number of rotatable bonds is 3. The summed E-state index contributed by atoms with van der Waals surface area (Å²) in [4.78, 5) is 0. The highest BCUT2D eigenvalue weighted by molar-refractivity contribution is 14.1. The molecule has 0 aliphatic heterocycles. The molecule has 0 amide bonds. The van der Waals surface area contributed by atoms with Crippen molar-refractivity contribution < 1.29 is 5.11 Å². The van der Waals surface area contributed by atoms with Gasteiger partial charge in [0.2, 0.25) is 0 Å². The van der Waals surface area contributed by atoms with Crippen molar-refractivity contribution in [1.82, 2.24) is 0 Å². The lowest BCUT2D eigenvalue weighted by Crippen LogP contribution is -2.02. The minimum Gasteiger partial charge on any atom is -0.507 e. The van der Waals surface area contributed by atoms with E-state index in [1.807, 2.05) is 36.4 Å². The minimum atomic E-state index is 0.312. The number of benzene rings is 2. The first-order valence-corrected chi connectivity index (χ1v) is 6.56. The molecule has 0 fully saturated rings. The Bertz CT molecular complexity index is 508. The summed E-state index contributed by atoms with van der Waals surface area (Å²) in [7, 11) is 0. The number of nitrogens with two attached hydrogens (primary N) is 1. The highest BCUT2D eigenvalue weighted by Crippen LogP contribution is 2.30. The lowest BCUT2D eigenvalue weighted by atomic mass is 10.0. The van der Waals surface area contributed by atoms with E-state index in [9.17, 15) is 5.11 Å². The van der Waals surface area contributed by atoms with Crippen LogP contribution in [0.1, 0.15) is 5.56 Å². The quantitative estimate of drug-likeness (QED) is 0.844. The fourth-order valence-corrected chi connectivity index (χ4v) is 2.13. The maximum absolute atomic E-state index is 9.89. The average molecular weight is 339 g/mol. The van der Waals surface area contributed by atoms with Crippen molar-refractivity contribution in [3.63, 3.8) is 0 Å². The van der Waals surface area contributed by atoms with Crippen LogP contribution >= 0.6 is 22.6 Å². The van der Waals surface area contributed by atoms with E-state index in [1.54, 1.807) is 6.07 Å². The fourth-order valence-electron chi connectivity index (χ4n) is 1.77. The summed E-state index contributed by atoms with van der Waals surface area (Å²) in [6.07, 6.45) is 0.831. The molecule has 0 aliphatic carbocycles. The van der Waals surface area contributed by atoms with E-state index in [1.165, 1.54) is 3.57 Å².